The van der Waals surface area contributed by atoms with E-state index in [2.05, 4.69) is 0 Å². The first kappa shape index (κ1) is 12.9. The van der Waals surface area contributed by atoms with Crippen LogP contribution in [0.1, 0.15) is 26.2 Å². The molecule has 0 saturated heterocycles. The summed E-state index contributed by atoms with van der Waals surface area (Å²) in [6.07, 6.45) is 2.76. The zero-order valence-electron chi connectivity index (χ0n) is 10.9. The molecule has 0 heterocycles. The van der Waals surface area contributed by atoms with Crippen LogP contribution < -0.4 is 10.6 Å². The van der Waals surface area contributed by atoms with E-state index in [1.807, 2.05) is 6.92 Å². The molecule has 2 unspecified atom stereocenters. The molecule has 0 bridgehead atoms. The number of hydrogen-bond donors (Lipinski definition) is 2. The maximum atomic E-state index is 12.5. The molecule has 0 spiro atoms. The van der Waals surface area contributed by atoms with Crippen LogP contribution in [0, 0.1) is 5.41 Å². The number of nitrogens with zero attached hydrogens (tertiary/aromatic N) is 1. The minimum atomic E-state index is -0.466. The van der Waals surface area contributed by atoms with Crippen molar-refractivity contribution >= 4 is 11.6 Å². The molecular weight excluding hydrogens is 228 g/mol. The Balaban J connectivity index is 2.21. The summed E-state index contributed by atoms with van der Waals surface area (Å²) in [7, 11) is 1.75. The van der Waals surface area contributed by atoms with Crippen molar-refractivity contribution in [3.8, 4) is 5.75 Å². The fourth-order valence-electron chi connectivity index (χ4n) is 2.64. The summed E-state index contributed by atoms with van der Waals surface area (Å²) in [6, 6.07) is 6.56. The van der Waals surface area contributed by atoms with Gasteiger partial charge in [-0.2, -0.15) is 0 Å². The summed E-state index contributed by atoms with van der Waals surface area (Å²) in [4.78, 5) is 14.2. The molecule has 1 saturated carbocycles. The lowest BCUT2D eigenvalue weighted by Gasteiger charge is -2.32. The average molecular weight is 248 g/mol. The highest BCUT2D eigenvalue weighted by atomic mass is 16.3. The summed E-state index contributed by atoms with van der Waals surface area (Å²) < 4.78 is 0. The first-order valence-corrected chi connectivity index (χ1v) is 6.28. The van der Waals surface area contributed by atoms with Crippen LogP contribution in [-0.4, -0.2) is 24.1 Å². The first-order valence-electron chi connectivity index (χ1n) is 6.28. The Bertz CT molecular complexity index is 444. The molecule has 0 radical (unpaired) electrons. The smallest absolute Gasteiger partial charge is 0.234 e. The zero-order valence-corrected chi connectivity index (χ0v) is 10.9. The van der Waals surface area contributed by atoms with E-state index in [-0.39, 0.29) is 17.7 Å². The normalized spacial score (nSPS) is 27.2. The standard InChI is InChI=1S/C14H20N2O2/c1-14(9-3-4-12(14)15)13(18)16(2)10-5-7-11(17)8-6-10/h5-8,12,17H,3-4,9,15H2,1-2H3. The molecule has 3 N–H and O–H groups in total. The third kappa shape index (κ3) is 2.08. The molecule has 1 aliphatic rings. The Morgan fingerprint density at radius 1 is 1.44 bits per heavy atom. The molecule has 1 aromatic carbocycles. The fraction of sp³-hybridized carbons (Fsp3) is 0.500. The lowest BCUT2D eigenvalue weighted by molar-refractivity contribution is -0.127. The fourth-order valence-corrected chi connectivity index (χ4v) is 2.64. The van der Waals surface area contributed by atoms with Gasteiger partial charge in [0.15, 0.2) is 0 Å². The summed E-state index contributed by atoms with van der Waals surface area (Å²) in [5.74, 6) is 0.251. The van der Waals surface area contributed by atoms with E-state index < -0.39 is 5.41 Å². The third-order valence-electron chi connectivity index (χ3n) is 4.06. The number of hydrogen-bond acceptors (Lipinski definition) is 3. The maximum absolute atomic E-state index is 12.5. The number of benzene rings is 1. The highest BCUT2D eigenvalue weighted by Crippen LogP contribution is 2.39. The van der Waals surface area contributed by atoms with Crippen LogP contribution in [0.4, 0.5) is 5.69 Å². The van der Waals surface area contributed by atoms with Gasteiger partial charge in [-0.25, -0.2) is 0 Å². The minimum Gasteiger partial charge on any atom is -0.508 e. The van der Waals surface area contributed by atoms with Gasteiger partial charge in [0.25, 0.3) is 0 Å². The van der Waals surface area contributed by atoms with Crippen molar-refractivity contribution in [1.82, 2.24) is 0 Å². The number of phenolic OH excluding ortho intramolecular Hbond substituents is 1. The maximum Gasteiger partial charge on any atom is 0.234 e. The number of carbonyl (C=O) groups excluding carboxylic acids is 1. The van der Waals surface area contributed by atoms with E-state index >= 15 is 0 Å². The summed E-state index contributed by atoms with van der Waals surface area (Å²) in [5.41, 5.74) is 6.38. The van der Waals surface area contributed by atoms with Crippen LogP contribution in [-0.2, 0) is 4.79 Å². The molecule has 4 heteroatoms. The molecule has 1 aromatic rings. The Labute approximate surface area is 107 Å². The lowest BCUT2D eigenvalue weighted by atomic mass is 9.83. The number of anilines is 1. The predicted molar refractivity (Wildman–Crippen MR) is 71.5 cm³/mol. The van der Waals surface area contributed by atoms with Crippen LogP contribution in [0.2, 0.25) is 0 Å². The number of nitrogens with two attached hydrogens (primary N) is 1. The topological polar surface area (TPSA) is 66.6 Å². The van der Waals surface area contributed by atoms with Gasteiger partial charge in [-0.1, -0.05) is 6.42 Å². The molecule has 1 aliphatic carbocycles. The Hall–Kier alpha value is -1.55. The quantitative estimate of drug-likeness (QED) is 0.839. The molecule has 0 aromatic heterocycles. The highest BCUT2D eigenvalue weighted by Gasteiger charge is 2.44. The predicted octanol–water partition coefficient (Wildman–Crippen LogP) is 1.87. The van der Waals surface area contributed by atoms with Gasteiger partial charge in [-0.05, 0) is 44.0 Å². The Morgan fingerprint density at radius 3 is 2.56 bits per heavy atom. The molecule has 1 fully saturated rings. The first-order chi connectivity index (χ1) is 8.45. The number of aromatic hydroxyl groups is 1. The zero-order chi connectivity index (χ0) is 13.3. The Morgan fingerprint density at radius 2 is 2.06 bits per heavy atom. The number of rotatable bonds is 2. The second-order valence-corrected chi connectivity index (χ2v) is 5.30. The van der Waals surface area contributed by atoms with E-state index in [4.69, 9.17) is 5.73 Å². The van der Waals surface area contributed by atoms with Crippen molar-refractivity contribution in [1.29, 1.82) is 0 Å². The average Bonchev–Trinajstić information content (AvgIpc) is 2.70. The van der Waals surface area contributed by atoms with Gasteiger partial charge < -0.3 is 15.7 Å². The van der Waals surface area contributed by atoms with E-state index in [1.165, 1.54) is 0 Å². The number of phenols is 1. The van der Waals surface area contributed by atoms with Crippen molar-refractivity contribution in [2.45, 2.75) is 32.2 Å². The van der Waals surface area contributed by atoms with Crippen LogP contribution in [0.15, 0.2) is 24.3 Å². The third-order valence-corrected chi connectivity index (χ3v) is 4.06. The van der Waals surface area contributed by atoms with Crippen LogP contribution in [0.25, 0.3) is 0 Å². The molecule has 4 nitrogen and oxygen atoms in total. The van der Waals surface area contributed by atoms with Crippen molar-refractivity contribution in [3.63, 3.8) is 0 Å². The number of carbonyl (C=O) groups is 1. The summed E-state index contributed by atoms with van der Waals surface area (Å²) in [6.45, 7) is 1.95. The number of amides is 1. The molecule has 0 aliphatic heterocycles. The summed E-state index contributed by atoms with van der Waals surface area (Å²) in [5, 5.41) is 9.26. The van der Waals surface area contributed by atoms with Crippen LogP contribution >= 0.6 is 0 Å². The van der Waals surface area contributed by atoms with E-state index in [0.717, 1.165) is 24.9 Å². The Kier molecular flexibility index (Phi) is 3.30. The van der Waals surface area contributed by atoms with E-state index in [9.17, 15) is 9.90 Å². The summed E-state index contributed by atoms with van der Waals surface area (Å²) >= 11 is 0. The second kappa shape index (κ2) is 4.61. The molecular formula is C14H20N2O2. The molecule has 2 rings (SSSR count). The van der Waals surface area contributed by atoms with Gasteiger partial charge in [0.05, 0.1) is 5.41 Å². The SMILES string of the molecule is CN(C(=O)C1(C)CCCC1N)c1ccc(O)cc1. The second-order valence-electron chi connectivity index (χ2n) is 5.30. The minimum absolute atomic E-state index is 0.0539. The van der Waals surface area contributed by atoms with Crippen molar-refractivity contribution in [3.05, 3.63) is 24.3 Å². The molecule has 1 amide bonds. The van der Waals surface area contributed by atoms with Crippen LogP contribution in [0.5, 0.6) is 5.75 Å². The van der Waals surface area contributed by atoms with Gasteiger partial charge in [-0.15, -0.1) is 0 Å². The lowest BCUT2D eigenvalue weighted by Crippen LogP contribution is -2.48. The van der Waals surface area contributed by atoms with Crippen LogP contribution in [0.3, 0.4) is 0 Å². The van der Waals surface area contributed by atoms with E-state index in [0.29, 0.717) is 0 Å². The van der Waals surface area contributed by atoms with Crippen molar-refractivity contribution in [2.75, 3.05) is 11.9 Å². The van der Waals surface area contributed by atoms with E-state index in [1.54, 1.807) is 36.2 Å². The van der Waals surface area contributed by atoms with Gasteiger partial charge in [0, 0.05) is 18.8 Å². The van der Waals surface area contributed by atoms with Gasteiger partial charge in [0.2, 0.25) is 5.91 Å². The molecule has 2 atom stereocenters. The highest BCUT2D eigenvalue weighted by molar-refractivity contribution is 5.97. The monoisotopic (exact) mass is 248 g/mol. The van der Waals surface area contributed by atoms with Crippen molar-refractivity contribution in [2.24, 2.45) is 11.1 Å². The van der Waals surface area contributed by atoms with Gasteiger partial charge >= 0.3 is 0 Å². The molecule has 18 heavy (non-hydrogen) atoms. The largest absolute Gasteiger partial charge is 0.508 e. The molecule has 98 valence electrons. The van der Waals surface area contributed by atoms with Gasteiger partial charge in [-0.3, -0.25) is 4.79 Å². The van der Waals surface area contributed by atoms with Gasteiger partial charge in [0.1, 0.15) is 5.75 Å². The van der Waals surface area contributed by atoms with Crippen molar-refractivity contribution < 1.29 is 9.90 Å².